The van der Waals surface area contributed by atoms with E-state index in [1.807, 2.05) is 24.3 Å². The third kappa shape index (κ3) is 3.39. The largest absolute Gasteiger partial charge is 0.469 e. The van der Waals surface area contributed by atoms with Crippen LogP contribution in [-0.4, -0.2) is 39.4 Å². The third-order valence-electron chi connectivity index (χ3n) is 3.89. The Balaban J connectivity index is 2.21. The van der Waals surface area contributed by atoms with Gasteiger partial charge in [0.2, 0.25) is 10.0 Å². The average molecular weight is 323 g/mol. The number of aryl methyl sites for hydroxylation is 1. The molecule has 120 valence electrons. The lowest BCUT2D eigenvalue weighted by molar-refractivity contribution is -0.144. The van der Waals surface area contributed by atoms with Crippen LogP contribution in [0, 0.1) is 5.92 Å². The van der Waals surface area contributed by atoms with Crippen LogP contribution < -0.4 is 0 Å². The number of benzene rings is 1. The van der Waals surface area contributed by atoms with Crippen LogP contribution in [0.5, 0.6) is 0 Å². The molecular formula is C16H21NO4S. The summed E-state index contributed by atoms with van der Waals surface area (Å²) in [7, 11) is -0.759. The minimum atomic E-state index is -3.55. The highest BCUT2D eigenvalue weighted by atomic mass is 32.2. The highest BCUT2D eigenvalue weighted by Gasteiger charge is 2.28. The van der Waals surface area contributed by atoms with E-state index in [2.05, 4.69) is 4.74 Å². The summed E-state index contributed by atoms with van der Waals surface area (Å²) in [5.41, 5.74) is 2.11. The standard InChI is InChI=1S/C16H21NO4S/c1-12(16(18)21-3)11-17(2)22(19,20)15-9-8-13-6-4-5-7-14(13)10-15/h4-7,10,12H,8-9,11H2,1-3H3. The lowest BCUT2D eigenvalue weighted by atomic mass is 9.98. The van der Waals surface area contributed by atoms with Crippen molar-refractivity contribution in [2.45, 2.75) is 19.8 Å². The van der Waals surface area contributed by atoms with Crippen LogP contribution in [0.15, 0.2) is 29.2 Å². The van der Waals surface area contributed by atoms with Gasteiger partial charge in [0.25, 0.3) is 0 Å². The Morgan fingerprint density at radius 2 is 2.00 bits per heavy atom. The first-order valence-electron chi connectivity index (χ1n) is 7.19. The van der Waals surface area contributed by atoms with Crippen LogP contribution in [0.2, 0.25) is 0 Å². The minimum absolute atomic E-state index is 0.105. The predicted octanol–water partition coefficient (Wildman–Crippen LogP) is 2.04. The van der Waals surface area contributed by atoms with E-state index in [0.29, 0.717) is 17.7 Å². The van der Waals surface area contributed by atoms with Crippen molar-refractivity contribution in [2.75, 3.05) is 20.7 Å². The molecule has 5 nitrogen and oxygen atoms in total. The monoisotopic (exact) mass is 323 g/mol. The molecule has 0 saturated carbocycles. The number of nitrogens with zero attached hydrogens (tertiary/aromatic N) is 1. The number of fused-ring (bicyclic) bond motifs is 1. The zero-order valence-corrected chi connectivity index (χ0v) is 13.9. The molecule has 1 aliphatic carbocycles. The summed E-state index contributed by atoms with van der Waals surface area (Å²) in [6, 6.07) is 7.78. The fourth-order valence-corrected chi connectivity index (χ4v) is 4.03. The van der Waals surface area contributed by atoms with Gasteiger partial charge in [-0.3, -0.25) is 4.79 Å². The van der Waals surface area contributed by atoms with Crippen LogP contribution >= 0.6 is 0 Å². The second kappa shape index (κ2) is 6.62. The van der Waals surface area contributed by atoms with E-state index < -0.39 is 21.9 Å². The van der Waals surface area contributed by atoms with Crippen molar-refractivity contribution in [1.82, 2.24) is 4.31 Å². The maximum Gasteiger partial charge on any atom is 0.309 e. The lowest BCUT2D eigenvalue weighted by Crippen LogP contribution is -2.35. The summed E-state index contributed by atoms with van der Waals surface area (Å²) in [6.07, 6.45) is 2.92. The Morgan fingerprint density at radius 3 is 2.68 bits per heavy atom. The Kier molecular flexibility index (Phi) is 5.03. The number of allylic oxidation sites excluding steroid dienone is 1. The number of ether oxygens (including phenoxy) is 1. The van der Waals surface area contributed by atoms with Gasteiger partial charge < -0.3 is 4.74 Å². The van der Waals surface area contributed by atoms with Crippen molar-refractivity contribution < 1.29 is 17.9 Å². The maximum atomic E-state index is 12.6. The van der Waals surface area contributed by atoms with Crippen molar-refractivity contribution in [1.29, 1.82) is 0 Å². The highest BCUT2D eigenvalue weighted by Crippen LogP contribution is 2.28. The number of sulfonamides is 1. The molecule has 0 spiro atoms. The average Bonchev–Trinajstić information content (AvgIpc) is 2.53. The summed E-state index contributed by atoms with van der Waals surface area (Å²) >= 11 is 0. The van der Waals surface area contributed by atoms with Gasteiger partial charge in [0, 0.05) is 13.6 Å². The van der Waals surface area contributed by atoms with Crippen LogP contribution in [-0.2, 0) is 26.0 Å². The third-order valence-corrected chi connectivity index (χ3v) is 5.84. The SMILES string of the molecule is COC(=O)C(C)CN(C)S(=O)(=O)C1=Cc2ccccc2CC1. The van der Waals surface area contributed by atoms with E-state index in [4.69, 9.17) is 0 Å². The van der Waals surface area contributed by atoms with Crippen LogP contribution in [0.1, 0.15) is 24.5 Å². The van der Waals surface area contributed by atoms with E-state index in [9.17, 15) is 13.2 Å². The second-order valence-corrected chi connectivity index (χ2v) is 7.62. The molecule has 1 unspecified atom stereocenters. The zero-order valence-electron chi connectivity index (χ0n) is 13.1. The van der Waals surface area contributed by atoms with Gasteiger partial charge in [-0.15, -0.1) is 0 Å². The quantitative estimate of drug-likeness (QED) is 0.778. The van der Waals surface area contributed by atoms with Gasteiger partial charge in [0.05, 0.1) is 17.9 Å². The fraction of sp³-hybridized carbons (Fsp3) is 0.438. The molecule has 1 aromatic rings. The molecular weight excluding hydrogens is 302 g/mol. The fourth-order valence-electron chi connectivity index (χ4n) is 2.57. The van der Waals surface area contributed by atoms with Gasteiger partial charge in [-0.1, -0.05) is 31.2 Å². The summed E-state index contributed by atoms with van der Waals surface area (Å²) in [4.78, 5) is 11.9. The first-order valence-corrected chi connectivity index (χ1v) is 8.63. The van der Waals surface area contributed by atoms with Crippen molar-refractivity contribution >= 4 is 22.1 Å². The van der Waals surface area contributed by atoms with Crippen LogP contribution in [0.3, 0.4) is 0 Å². The number of esters is 1. The van der Waals surface area contributed by atoms with Crippen LogP contribution in [0.4, 0.5) is 0 Å². The number of carbonyl (C=O) groups excluding carboxylic acids is 1. The normalized spacial score (nSPS) is 15.9. The van der Waals surface area contributed by atoms with Gasteiger partial charge in [0.15, 0.2) is 0 Å². The Morgan fingerprint density at radius 1 is 1.32 bits per heavy atom. The number of methoxy groups -OCH3 is 1. The van der Waals surface area contributed by atoms with E-state index >= 15 is 0 Å². The van der Waals surface area contributed by atoms with Crippen LogP contribution in [0.25, 0.3) is 6.08 Å². The van der Waals surface area contributed by atoms with Crippen molar-refractivity contribution in [3.8, 4) is 0 Å². The summed E-state index contributed by atoms with van der Waals surface area (Å²) in [5.74, 6) is -0.911. The molecule has 1 aromatic carbocycles. The molecule has 1 atom stereocenters. The summed E-state index contributed by atoms with van der Waals surface area (Å²) in [5, 5.41) is 0. The lowest BCUT2D eigenvalue weighted by Gasteiger charge is -2.24. The van der Waals surface area contributed by atoms with E-state index in [0.717, 1.165) is 11.1 Å². The van der Waals surface area contributed by atoms with Crippen molar-refractivity contribution in [2.24, 2.45) is 5.92 Å². The molecule has 0 bridgehead atoms. The number of rotatable bonds is 5. The second-order valence-electron chi connectivity index (χ2n) is 5.52. The minimum Gasteiger partial charge on any atom is -0.469 e. The first-order chi connectivity index (χ1) is 10.4. The number of carbonyl (C=O) groups is 1. The smallest absolute Gasteiger partial charge is 0.309 e. The van der Waals surface area contributed by atoms with Crippen molar-refractivity contribution in [3.05, 3.63) is 40.3 Å². The molecule has 0 heterocycles. The number of hydrogen-bond acceptors (Lipinski definition) is 4. The number of hydrogen-bond donors (Lipinski definition) is 0. The van der Waals surface area contributed by atoms with Crippen molar-refractivity contribution in [3.63, 3.8) is 0 Å². The topological polar surface area (TPSA) is 63.7 Å². The van der Waals surface area contributed by atoms with E-state index in [1.54, 1.807) is 13.0 Å². The molecule has 0 aromatic heterocycles. The molecule has 0 amide bonds. The molecule has 0 saturated heterocycles. The van der Waals surface area contributed by atoms with Gasteiger partial charge in [-0.25, -0.2) is 12.7 Å². The summed E-state index contributed by atoms with van der Waals surface area (Å²) in [6.45, 7) is 1.76. The van der Waals surface area contributed by atoms with Gasteiger partial charge in [-0.05, 0) is 30.0 Å². The molecule has 0 aliphatic heterocycles. The first kappa shape index (κ1) is 16.7. The maximum absolute atomic E-state index is 12.6. The van der Waals surface area contributed by atoms with E-state index in [-0.39, 0.29) is 6.54 Å². The molecule has 1 aliphatic rings. The Labute approximate surface area is 131 Å². The molecule has 2 rings (SSSR count). The molecule has 0 N–H and O–H groups in total. The van der Waals surface area contributed by atoms with Gasteiger partial charge in [-0.2, -0.15) is 0 Å². The highest BCUT2D eigenvalue weighted by molar-refractivity contribution is 7.93. The Hall–Kier alpha value is -1.66. The predicted molar refractivity (Wildman–Crippen MR) is 85.5 cm³/mol. The van der Waals surface area contributed by atoms with Gasteiger partial charge >= 0.3 is 5.97 Å². The Bertz CT molecular complexity index is 694. The van der Waals surface area contributed by atoms with E-state index in [1.165, 1.54) is 18.5 Å². The molecule has 22 heavy (non-hydrogen) atoms. The molecule has 6 heteroatoms. The molecule has 0 fully saturated rings. The van der Waals surface area contributed by atoms with Gasteiger partial charge in [0.1, 0.15) is 0 Å². The summed E-state index contributed by atoms with van der Waals surface area (Å²) < 4.78 is 31.2. The molecule has 0 radical (unpaired) electrons. The zero-order chi connectivity index (χ0) is 16.3.